The Kier molecular flexibility index (Phi) is 4.80. The summed E-state index contributed by atoms with van der Waals surface area (Å²) >= 11 is 1.52. The molecule has 0 spiro atoms. The smallest absolute Gasteiger partial charge is 0.359 e. The van der Waals surface area contributed by atoms with E-state index in [-0.39, 0.29) is 24.4 Å². The minimum Gasteiger partial charge on any atom is -0.455 e. The van der Waals surface area contributed by atoms with Crippen LogP contribution in [0.4, 0.5) is 0 Å². The van der Waals surface area contributed by atoms with Crippen LogP contribution in [0, 0.1) is 0 Å². The third-order valence-electron chi connectivity index (χ3n) is 4.16. The number of carbonyl (C=O) groups is 1. The number of rotatable bonds is 5. The van der Waals surface area contributed by atoms with Gasteiger partial charge in [-0.3, -0.25) is 4.79 Å². The standard InChI is InChI=1S/C21H16N2O3S/c24-20-18-11-5-4-10-17(18)19(21(25)26-14-16-9-6-12-27-16)22-23(20)13-15-7-2-1-3-8-15/h1-12H,13-14H2. The van der Waals surface area contributed by atoms with Crippen LogP contribution in [0.1, 0.15) is 20.9 Å². The van der Waals surface area contributed by atoms with Crippen molar-refractivity contribution in [1.29, 1.82) is 0 Å². The van der Waals surface area contributed by atoms with E-state index in [9.17, 15) is 9.59 Å². The molecule has 2 aromatic carbocycles. The Morgan fingerprint density at radius 2 is 1.70 bits per heavy atom. The molecule has 0 radical (unpaired) electrons. The monoisotopic (exact) mass is 376 g/mol. The van der Waals surface area contributed by atoms with Crippen molar-refractivity contribution in [3.05, 3.63) is 98.6 Å². The zero-order valence-electron chi connectivity index (χ0n) is 14.4. The van der Waals surface area contributed by atoms with Gasteiger partial charge in [-0.15, -0.1) is 11.3 Å². The van der Waals surface area contributed by atoms with Gasteiger partial charge in [0.15, 0.2) is 5.69 Å². The first kappa shape index (κ1) is 17.2. The highest BCUT2D eigenvalue weighted by molar-refractivity contribution is 7.09. The van der Waals surface area contributed by atoms with Gasteiger partial charge in [-0.1, -0.05) is 54.6 Å². The second-order valence-electron chi connectivity index (χ2n) is 6.00. The van der Waals surface area contributed by atoms with Crippen LogP contribution in [-0.2, 0) is 17.9 Å². The molecule has 0 saturated carbocycles. The van der Waals surface area contributed by atoms with Crippen molar-refractivity contribution in [2.24, 2.45) is 0 Å². The van der Waals surface area contributed by atoms with E-state index in [1.807, 2.05) is 47.8 Å². The van der Waals surface area contributed by atoms with Gasteiger partial charge in [0, 0.05) is 10.3 Å². The van der Waals surface area contributed by atoms with Crippen LogP contribution in [0.3, 0.4) is 0 Å². The van der Waals surface area contributed by atoms with Crippen LogP contribution in [-0.4, -0.2) is 15.7 Å². The van der Waals surface area contributed by atoms with Crippen molar-refractivity contribution in [1.82, 2.24) is 9.78 Å². The highest BCUT2D eigenvalue weighted by atomic mass is 32.1. The van der Waals surface area contributed by atoms with Crippen molar-refractivity contribution in [3.63, 3.8) is 0 Å². The maximum absolute atomic E-state index is 12.8. The molecule has 4 rings (SSSR count). The number of esters is 1. The third-order valence-corrected chi connectivity index (χ3v) is 5.01. The van der Waals surface area contributed by atoms with E-state index < -0.39 is 5.97 Å². The maximum Gasteiger partial charge on any atom is 0.359 e. The Balaban J connectivity index is 1.73. The van der Waals surface area contributed by atoms with Gasteiger partial charge in [-0.2, -0.15) is 5.10 Å². The molecule has 0 aliphatic heterocycles. The Bertz CT molecular complexity index is 1140. The second-order valence-corrected chi connectivity index (χ2v) is 7.03. The van der Waals surface area contributed by atoms with Crippen molar-refractivity contribution in [2.75, 3.05) is 0 Å². The molecule has 6 heteroatoms. The van der Waals surface area contributed by atoms with Crippen LogP contribution >= 0.6 is 11.3 Å². The van der Waals surface area contributed by atoms with Crippen LogP contribution in [0.5, 0.6) is 0 Å². The fourth-order valence-electron chi connectivity index (χ4n) is 2.85. The average Bonchev–Trinajstić information content (AvgIpc) is 3.23. The Labute approximate surface area is 159 Å². The van der Waals surface area contributed by atoms with E-state index in [0.29, 0.717) is 10.8 Å². The Morgan fingerprint density at radius 3 is 2.44 bits per heavy atom. The summed E-state index contributed by atoms with van der Waals surface area (Å²) in [5.74, 6) is -0.540. The number of hydrogen-bond acceptors (Lipinski definition) is 5. The van der Waals surface area contributed by atoms with Gasteiger partial charge in [-0.05, 0) is 23.1 Å². The van der Waals surface area contributed by atoms with E-state index in [0.717, 1.165) is 10.4 Å². The molecule has 2 aromatic heterocycles. The average molecular weight is 376 g/mol. The lowest BCUT2D eigenvalue weighted by molar-refractivity contribution is 0.0469. The Hall–Kier alpha value is -3.25. The fourth-order valence-corrected chi connectivity index (χ4v) is 3.47. The minimum absolute atomic E-state index is 0.151. The molecular weight excluding hydrogens is 360 g/mol. The fraction of sp³-hybridized carbons (Fsp3) is 0.0952. The molecule has 0 fully saturated rings. The van der Waals surface area contributed by atoms with E-state index in [1.165, 1.54) is 16.0 Å². The highest BCUT2D eigenvalue weighted by Crippen LogP contribution is 2.17. The number of hydrogen-bond donors (Lipinski definition) is 0. The highest BCUT2D eigenvalue weighted by Gasteiger charge is 2.18. The summed E-state index contributed by atoms with van der Waals surface area (Å²) in [5.41, 5.74) is 0.849. The SMILES string of the molecule is O=C(OCc1cccs1)c1nn(Cc2ccccc2)c(=O)c2ccccc12. The molecule has 0 unspecified atom stereocenters. The van der Waals surface area contributed by atoms with Gasteiger partial charge < -0.3 is 4.74 Å². The van der Waals surface area contributed by atoms with E-state index in [4.69, 9.17) is 4.74 Å². The first-order valence-corrected chi connectivity index (χ1v) is 9.33. The third kappa shape index (κ3) is 3.66. The summed E-state index contributed by atoms with van der Waals surface area (Å²) in [7, 11) is 0. The van der Waals surface area contributed by atoms with Crippen molar-refractivity contribution < 1.29 is 9.53 Å². The summed E-state index contributed by atoms with van der Waals surface area (Å²) in [5, 5.41) is 7.21. The normalized spacial score (nSPS) is 10.8. The number of carbonyl (C=O) groups excluding carboxylic acids is 1. The number of aromatic nitrogens is 2. The quantitative estimate of drug-likeness (QED) is 0.496. The molecule has 0 atom stereocenters. The van der Waals surface area contributed by atoms with Gasteiger partial charge in [-0.25, -0.2) is 9.48 Å². The van der Waals surface area contributed by atoms with Crippen LogP contribution in [0.15, 0.2) is 76.9 Å². The zero-order valence-corrected chi connectivity index (χ0v) is 15.2. The van der Waals surface area contributed by atoms with Gasteiger partial charge in [0.25, 0.3) is 5.56 Å². The van der Waals surface area contributed by atoms with Gasteiger partial charge in [0.1, 0.15) is 6.61 Å². The van der Waals surface area contributed by atoms with Crippen LogP contribution < -0.4 is 5.56 Å². The summed E-state index contributed by atoms with van der Waals surface area (Å²) in [6.07, 6.45) is 0. The van der Waals surface area contributed by atoms with Gasteiger partial charge in [0.2, 0.25) is 0 Å². The molecule has 0 saturated heterocycles. The molecular formula is C21H16N2O3S. The molecule has 0 aliphatic carbocycles. The summed E-state index contributed by atoms with van der Waals surface area (Å²) < 4.78 is 6.74. The minimum atomic E-state index is -0.540. The molecule has 4 aromatic rings. The molecule has 2 heterocycles. The lowest BCUT2D eigenvalue weighted by Crippen LogP contribution is -2.27. The number of benzene rings is 2. The van der Waals surface area contributed by atoms with Crippen molar-refractivity contribution >= 4 is 28.1 Å². The molecule has 27 heavy (non-hydrogen) atoms. The lowest BCUT2D eigenvalue weighted by atomic mass is 10.1. The predicted octanol–water partition coefficient (Wildman–Crippen LogP) is 3.86. The first-order chi connectivity index (χ1) is 13.2. The van der Waals surface area contributed by atoms with E-state index >= 15 is 0 Å². The molecule has 0 amide bonds. The summed E-state index contributed by atoms with van der Waals surface area (Å²) in [6.45, 7) is 0.472. The lowest BCUT2D eigenvalue weighted by Gasteiger charge is -2.11. The van der Waals surface area contributed by atoms with Crippen molar-refractivity contribution in [2.45, 2.75) is 13.2 Å². The molecule has 134 valence electrons. The van der Waals surface area contributed by atoms with E-state index in [2.05, 4.69) is 5.10 Å². The second kappa shape index (κ2) is 7.55. The molecule has 0 aliphatic rings. The van der Waals surface area contributed by atoms with Gasteiger partial charge >= 0.3 is 5.97 Å². The van der Waals surface area contributed by atoms with Crippen molar-refractivity contribution in [3.8, 4) is 0 Å². The Morgan fingerprint density at radius 1 is 0.963 bits per heavy atom. The first-order valence-electron chi connectivity index (χ1n) is 8.45. The van der Waals surface area contributed by atoms with E-state index in [1.54, 1.807) is 24.3 Å². The van der Waals surface area contributed by atoms with Crippen LogP contribution in [0.2, 0.25) is 0 Å². The predicted molar refractivity (Wildman–Crippen MR) is 105 cm³/mol. The molecule has 0 N–H and O–H groups in total. The number of ether oxygens (including phenoxy) is 1. The summed E-state index contributed by atoms with van der Waals surface area (Å²) in [6, 6.07) is 20.3. The maximum atomic E-state index is 12.8. The molecule has 0 bridgehead atoms. The largest absolute Gasteiger partial charge is 0.455 e. The zero-order chi connectivity index (χ0) is 18.6. The number of thiophene rings is 1. The van der Waals surface area contributed by atoms with Crippen LogP contribution in [0.25, 0.3) is 10.8 Å². The van der Waals surface area contributed by atoms with Gasteiger partial charge in [0.05, 0.1) is 11.9 Å². The summed E-state index contributed by atoms with van der Waals surface area (Å²) in [4.78, 5) is 26.4. The number of fused-ring (bicyclic) bond motifs is 1. The number of nitrogens with zero attached hydrogens (tertiary/aromatic N) is 2. The topological polar surface area (TPSA) is 61.2 Å². The molecule has 5 nitrogen and oxygen atoms in total.